The lowest BCUT2D eigenvalue weighted by Crippen LogP contribution is -1.95. The molecule has 0 atom stereocenters. The van der Waals surface area contributed by atoms with Crippen molar-refractivity contribution in [1.29, 1.82) is 0 Å². The molecule has 5 aromatic carbocycles. The Morgan fingerprint density at radius 1 is 0.643 bits per heavy atom. The number of aromatic hydroxyl groups is 1. The van der Waals surface area contributed by atoms with Gasteiger partial charge in [0, 0.05) is 0 Å². The van der Waals surface area contributed by atoms with Crippen molar-refractivity contribution < 1.29 is 5.11 Å². The first-order valence-electron chi connectivity index (χ1n) is 14.6. The van der Waals surface area contributed by atoms with Gasteiger partial charge in [-0.15, -0.1) is 0 Å². The summed E-state index contributed by atoms with van der Waals surface area (Å²) in [5.41, 5.74) is 16.6. The van der Waals surface area contributed by atoms with Gasteiger partial charge >= 0.3 is 0 Å². The minimum atomic E-state index is 0.329. The molecule has 0 saturated heterocycles. The summed E-state index contributed by atoms with van der Waals surface area (Å²) in [6, 6.07) is 38.4. The molecule has 0 amide bonds. The second-order valence-electron chi connectivity index (χ2n) is 11.3. The first-order valence-corrected chi connectivity index (χ1v) is 14.6. The van der Waals surface area contributed by atoms with Gasteiger partial charge in [-0.2, -0.15) is 0 Å². The van der Waals surface area contributed by atoms with Crippen LogP contribution in [-0.2, 0) is 6.42 Å². The molecule has 0 aliphatic rings. The van der Waals surface area contributed by atoms with E-state index in [1.54, 1.807) is 12.1 Å². The monoisotopic (exact) mass is 550 g/mol. The highest BCUT2D eigenvalue weighted by Crippen LogP contribution is 2.34. The number of rotatable bonds is 6. The summed E-state index contributed by atoms with van der Waals surface area (Å²) < 4.78 is 0. The average molecular weight is 551 g/mol. The van der Waals surface area contributed by atoms with Gasteiger partial charge < -0.3 is 5.11 Å². The lowest BCUT2D eigenvalue weighted by molar-refractivity contribution is 0.475. The highest BCUT2D eigenvalue weighted by molar-refractivity contribution is 5.83. The summed E-state index contributed by atoms with van der Waals surface area (Å²) in [7, 11) is 0. The summed E-state index contributed by atoms with van der Waals surface area (Å²) in [6.07, 6.45) is 2.90. The van der Waals surface area contributed by atoms with Gasteiger partial charge in [0.15, 0.2) is 0 Å². The van der Waals surface area contributed by atoms with Gasteiger partial charge in [-0.1, -0.05) is 114 Å². The molecule has 0 fully saturated rings. The van der Waals surface area contributed by atoms with Crippen LogP contribution in [0.2, 0.25) is 0 Å². The number of phenolic OH excluding ortho intramolecular Hbond substituents is 1. The molecule has 1 heteroatoms. The first-order chi connectivity index (χ1) is 20.2. The Hall–Kier alpha value is -4.62. The zero-order chi connectivity index (χ0) is 30.2. The van der Waals surface area contributed by atoms with Crippen LogP contribution in [0.1, 0.15) is 52.8 Å². The Morgan fingerprint density at radius 2 is 1.21 bits per heavy atom. The maximum Gasteiger partial charge on any atom is 0.115 e. The predicted molar refractivity (Wildman–Crippen MR) is 182 cm³/mol. The summed E-state index contributed by atoms with van der Waals surface area (Å²) in [5, 5.41) is 8.76. The van der Waals surface area contributed by atoms with Crippen LogP contribution in [0.4, 0.5) is 0 Å². The first kappa shape index (κ1) is 30.3. The molecule has 0 spiro atoms. The van der Waals surface area contributed by atoms with Gasteiger partial charge in [-0.3, -0.25) is 0 Å². The van der Waals surface area contributed by atoms with Crippen molar-refractivity contribution >= 4 is 5.57 Å². The molecule has 0 aliphatic carbocycles. The second-order valence-corrected chi connectivity index (χ2v) is 11.3. The Labute approximate surface area is 252 Å². The lowest BCUT2D eigenvalue weighted by atomic mass is 9.89. The summed E-state index contributed by atoms with van der Waals surface area (Å²) in [6.45, 7) is 16.9. The van der Waals surface area contributed by atoms with E-state index in [0.29, 0.717) is 5.75 Å². The van der Waals surface area contributed by atoms with Crippen molar-refractivity contribution in [3.8, 4) is 28.0 Å². The van der Waals surface area contributed by atoms with Gasteiger partial charge in [0.2, 0.25) is 0 Å². The Kier molecular flexibility index (Phi) is 9.99. The molecule has 0 aliphatic heterocycles. The van der Waals surface area contributed by atoms with E-state index in [9.17, 15) is 0 Å². The smallest absolute Gasteiger partial charge is 0.115 e. The third-order valence-corrected chi connectivity index (χ3v) is 7.70. The van der Waals surface area contributed by atoms with Crippen LogP contribution in [0.25, 0.3) is 27.8 Å². The molecule has 5 aromatic rings. The zero-order valence-corrected chi connectivity index (χ0v) is 25.8. The van der Waals surface area contributed by atoms with Gasteiger partial charge in [0.1, 0.15) is 5.75 Å². The molecule has 1 nitrogen and oxygen atoms in total. The predicted octanol–water partition coefficient (Wildman–Crippen LogP) is 11.2. The van der Waals surface area contributed by atoms with E-state index in [-0.39, 0.29) is 0 Å². The highest BCUT2D eigenvalue weighted by atomic mass is 16.3. The van der Waals surface area contributed by atoms with Crippen LogP contribution >= 0.6 is 0 Å². The van der Waals surface area contributed by atoms with Gasteiger partial charge in [0.05, 0.1) is 0 Å². The fraction of sp³-hybridized carbons (Fsp3) is 0.171. The number of hydrogen-bond acceptors (Lipinski definition) is 1. The maximum atomic E-state index is 8.76. The largest absolute Gasteiger partial charge is 0.508 e. The van der Waals surface area contributed by atoms with E-state index in [2.05, 4.69) is 126 Å². The molecule has 212 valence electrons. The van der Waals surface area contributed by atoms with Gasteiger partial charge in [-0.25, -0.2) is 0 Å². The van der Waals surface area contributed by atoms with E-state index in [0.717, 1.165) is 6.42 Å². The fourth-order valence-corrected chi connectivity index (χ4v) is 5.17. The lowest BCUT2D eigenvalue weighted by Gasteiger charge is -2.16. The Morgan fingerprint density at radius 3 is 1.81 bits per heavy atom. The molecule has 42 heavy (non-hydrogen) atoms. The maximum absolute atomic E-state index is 8.76. The number of hydrogen-bond donors (Lipinski definition) is 1. The SMILES string of the molecule is C=CC(=C(C)C)c1cc(-c2ccc(C)c(-c3ccccc3Cc3ccc(C)cc3)c2)ccc1C.Cc1ccc(O)cc1. The normalized spacial score (nSPS) is 10.4. The van der Waals surface area contributed by atoms with Crippen molar-refractivity contribution in [2.24, 2.45) is 0 Å². The highest BCUT2D eigenvalue weighted by Gasteiger charge is 2.12. The van der Waals surface area contributed by atoms with Crippen LogP contribution in [0.15, 0.2) is 127 Å². The molecule has 1 N–H and O–H groups in total. The molecule has 0 bridgehead atoms. The standard InChI is InChI=1S/C34H34.C7H8O/c1-7-31(23(2)3)33-21-28(18-14-25(33)5)29-19-15-26(6)34(22-29)32-11-9-8-10-30(32)20-27-16-12-24(4)13-17-27;1-6-2-4-7(8)5-3-6/h7-19,21-22H,1,20H2,2-6H3;2-5,8H,1H3. The molecular weight excluding hydrogens is 508 g/mol. The van der Waals surface area contributed by atoms with Crippen LogP contribution in [-0.4, -0.2) is 5.11 Å². The Bertz CT molecular complexity index is 1670. The third-order valence-electron chi connectivity index (χ3n) is 7.70. The minimum Gasteiger partial charge on any atom is -0.508 e. The molecule has 0 heterocycles. The van der Waals surface area contributed by atoms with E-state index >= 15 is 0 Å². The fourth-order valence-electron chi connectivity index (χ4n) is 5.17. The molecule has 0 saturated carbocycles. The van der Waals surface area contributed by atoms with E-state index in [1.807, 2.05) is 25.1 Å². The van der Waals surface area contributed by atoms with Gasteiger partial charge in [0.25, 0.3) is 0 Å². The van der Waals surface area contributed by atoms with Crippen LogP contribution in [0.5, 0.6) is 5.75 Å². The summed E-state index contributed by atoms with van der Waals surface area (Å²) in [5.74, 6) is 0.329. The van der Waals surface area contributed by atoms with E-state index < -0.39 is 0 Å². The van der Waals surface area contributed by atoms with Crippen molar-refractivity contribution in [2.45, 2.75) is 48.0 Å². The topological polar surface area (TPSA) is 20.2 Å². The van der Waals surface area contributed by atoms with Crippen molar-refractivity contribution in [2.75, 3.05) is 0 Å². The van der Waals surface area contributed by atoms with Crippen molar-refractivity contribution in [1.82, 2.24) is 0 Å². The van der Waals surface area contributed by atoms with E-state index in [1.165, 1.54) is 72.3 Å². The molecule has 5 rings (SSSR count). The van der Waals surface area contributed by atoms with Crippen LogP contribution in [0.3, 0.4) is 0 Å². The minimum absolute atomic E-state index is 0.329. The number of allylic oxidation sites excluding steroid dienone is 3. The molecule has 0 aromatic heterocycles. The molecule has 0 unspecified atom stereocenters. The van der Waals surface area contributed by atoms with E-state index in [4.69, 9.17) is 5.11 Å². The quantitative estimate of drug-likeness (QED) is 0.208. The number of aryl methyl sites for hydroxylation is 4. The van der Waals surface area contributed by atoms with Crippen LogP contribution in [0, 0.1) is 27.7 Å². The Balaban J connectivity index is 0.000000437. The molecular formula is C41H42O. The summed E-state index contributed by atoms with van der Waals surface area (Å²) in [4.78, 5) is 0. The second kappa shape index (κ2) is 13.8. The molecule has 0 radical (unpaired) electrons. The van der Waals surface area contributed by atoms with Gasteiger partial charge in [-0.05, 0) is 128 Å². The summed E-state index contributed by atoms with van der Waals surface area (Å²) >= 11 is 0. The van der Waals surface area contributed by atoms with Crippen molar-refractivity contribution in [3.63, 3.8) is 0 Å². The average Bonchev–Trinajstić information content (AvgIpc) is 2.98. The van der Waals surface area contributed by atoms with Crippen LogP contribution < -0.4 is 0 Å². The van der Waals surface area contributed by atoms with Crippen molar-refractivity contribution in [3.05, 3.63) is 166 Å². The number of phenols is 1. The third kappa shape index (κ3) is 7.56. The number of benzene rings is 5. The zero-order valence-electron chi connectivity index (χ0n) is 25.8.